The molecule has 0 saturated carbocycles. The molecule has 0 spiro atoms. The Morgan fingerprint density at radius 3 is 2.14 bits per heavy atom. The molecule has 0 saturated heterocycles. The van der Waals surface area contributed by atoms with E-state index in [4.69, 9.17) is 39.4 Å². The molecule has 1 heterocycles. The van der Waals surface area contributed by atoms with Gasteiger partial charge in [0.2, 0.25) is 0 Å². The summed E-state index contributed by atoms with van der Waals surface area (Å²) in [5.74, 6) is -0.988. The first kappa shape index (κ1) is 27.5. The quantitative estimate of drug-likeness (QED) is 0.217. The van der Waals surface area contributed by atoms with Crippen LogP contribution < -0.4 is 17.0 Å². The van der Waals surface area contributed by atoms with E-state index in [9.17, 15) is 14.4 Å². The van der Waals surface area contributed by atoms with Crippen molar-refractivity contribution in [3.8, 4) is 22.4 Å². The molecule has 1 aromatic heterocycles. The van der Waals surface area contributed by atoms with Crippen LogP contribution in [0, 0.1) is 0 Å². The van der Waals surface area contributed by atoms with Crippen LogP contribution in [0.1, 0.15) is 36.5 Å². The van der Waals surface area contributed by atoms with Crippen molar-refractivity contribution < 1.29 is 14.3 Å². The summed E-state index contributed by atoms with van der Waals surface area (Å²) in [6.45, 7) is 1.67. The van der Waals surface area contributed by atoms with Crippen LogP contribution in [0.15, 0.2) is 53.3 Å². The van der Waals surface area contributed by atoms with E-state index in [0.29, 0.717) is 51.8 Å². The van der Waals surface area contributed by atoms with Crippen LogP contribution in [-0.4, -0.2) is 40.7 Å². The van der Waals surface area contributed by atoms with Gasteiger partial charge >= 0.3 is 5.97 Å². The lowest BCUT2D eigenvalue weighted by atomic mass is 9.94. The predicted octanol–water partition coefficient (Wildman–Crippen LogP) is 4.09. The molecule has 4 N–H and O–H groups in total. The number of Topliss-reactive ketones (excluding diaryl/α,β-unsaturated/α-hetero) is 1. The van der Waals surface area contributed by atoms with Crippen LogP contribution in [0.3, 0.4) is 0 Å². The van der Waals surface area contributed by atoms with Crippen LogP contribution in [0.25, 0.3) is 22.4 Å². The fourth-order valence-electron chi connectivity index (χ4n) is 3.72. The fraction of sp³-hybridized carbons (Fsp3) is 0.308. The number of ether oxygens (including phenoxy) is 1. The summed E-state index contributed by atoms with van der Waals surface area (Å²) < 4.78 is 6.40. The second-order valence-electron chi connectivity index (χ2n) is 8.26. The van der Waals surface area contributed by atoms with Crippen molar-refractivity contribution in [3.63, 3.8) is 0 Å². The Hall–Kier alpha value is -3.04. The van der Waals surface area contributed by atoms with Crippen LogP contribution in [0.5, 0.6) is 0 Å². The third-order valence-electron chi connectivity index (χ3n) is 5.58. The van der Waals surface area contributed by atoms with E-state index < -0.39 is 23.4 Å². The molecule has 0 bridgehead atoms. The number of carbonyl (C=O) groups is 2. The van der Waals surface area contributed by atoms with Gasteiger partial charge in [-0.15, -0.1) is 0 Å². The second kappa shape index (κ2) is 12.8. The SMILES string of the molecule is CC(=O)c1c(-c2ccc(Cl)cc2)c(-c2ccc(Cl)cc2)nn(CCOC(=O)C(N)CCCCN)c1=O. The van der Waals surface area contributed by atoms with E-state index in [2.05, 4.69) is 5.10 Å². The van der Waals surface area contributed by atoms with Crippen LogP contribution in [0.2, 0.25) is 10.0 Å². The minimum Gasteiger partial charge on any atom is -0.463 e. The molecule has 0 aliphatic carbocycles. The second-order valence-corrected chi connectivity index (χ2v) is 9.13. The van der Waals surface area contributed by atoms with Gasteiger partial charge in [0.25, 0.3) is 5.56 Å². The van der Waals surface area contributed by atoms with Crippen molar-refractivity contribution in [2.45, 2.75) is 38.8 Å². The average Bonchev–Trinajstić information content (AvgIpc) is 2.85. The van der Waals surface area contributed by atoms with Crippen LogP contribution >= 0.6 is 23.2 Å². The standard InChI is InChI=1S/C26H28Cl2N4O4/c1-16(33)22-23(17-5-9-19(27)10-6-17)24(18-7-11-20(28)12-8-18)31-32(25(22)34)14-15-36-26(35)21(30)4-2-3-13-29/h5-12,21H,2-4,13-15,29-30H2,1H3. The van der Waals surface area contributed by atoms with Crippen molar-refractivity contribution >= 4 is 35.0 Å². The molecule has 8 nitrogen and oxygen atoms in total. The van der Waals surface area contributed by atoms with Crippen molar-refractivity contribution in [3.05, 3.63) is 74.5 Å². The van der Waals surface area contributed by atoms with Gasteiger partial charge in [-0.25, -0.2) is 4.68 Å². The molecule has 2 aromatic carbocycles. The van der Waals surface area contributed by atoms with Gasteiger partial charge in [-0.05, 0) is 56.1 Å². The van der Waals surface area contributed by atoms with Gasteiger partial charge in [-0.3, -0.25) is 14.4 Å². The number of rotatable bonds is 11. The number of aromatic nitrogens is 2. The van der Waals surface area contributed by atoms with Crippen LogP contribution in [0.4, 0.5) is 0 Å². The van der Waals surface area contributed by atoms with Gasteiger partial charge < -0.3 is 16.2 Å². The average molecular weight is 531 g/mol. The third kappa shape index (κ3) is 6.79. The number of carbonyl (C=O) groups excluding carboxylic acids is 2. The first-order chi connectivity index (χ1) is 17.2. The van der Waals surface area contributed by atoms with Crippen LogP contribution in [-0.2, 0) is 16.1 Å². The van der Waals surface area contributed by atoms with E-state index in [1.807, 2.05) is 0 Å². The molecule has 0 aliphatic heterocycles. The largest absolute Gasteiger partial charge is 0.463 e. The highest BCUT2D eigenvalue weighted by molar-refractivity contribution is 6.31. The number of nitrogens with two attached hydrogens (primary N) is 2. The molecule has 190 valence electrons. The zero-order valence-corrected chi connectivity index (χ0v) is 21.4. The zero-order valence-electron chi connectivity index (χ0n) is 19.9. The Balaban J connectivity index is 2.00. The first-order valence-electron chi connectivity index (χ1n) is 11.5. The number of unbranched alkanes of at least 4 members (excludes halogenated alkanes) is 1. The molecule has 0 amide bonds. The number of benzene rings is 2. The van der Waals surface area contributed by atoms with E-state index in [1.165, 1.54) is 6.92 Å². The summed E-state index contributed by atoms with van der Waals surface area (Å²) in [6, 6.07) is 12.9. The minimum atomic E-state index is -0.772. The zero-order chi connectivity index (χ0) is 26.2. The Morgan fingerprint density at radius 2 is 1.58 bits per heavy atom. The van der Waals surface area contributed by atoms with E-state index in [0.717, 1.165) is 11.1 Å². The smallest absolute Gasteiger partial charge is 0.322 e. The summed E-state index contributed by atoms with van der Waals surface area (Å²) >= 11 is 12.1. The van der Waals surface area contributed by atoms with Gasteiger partial charge in [-0.1, -0.05) is 53.9 Å². The Morgan fingerprint density at radius 1 is 1.00 bits per heavy atom. The number of nitrogens with zero attached hydrogens (tertiary/aromatic N) is 2. The molecule has 10 heteroatoms. The van der Waals surface area contributed by atoms with Gasteiger partial charge in [0.1, 0.15) is 12.6 Å². The number of esters is 1. The summed E-state index contributed by atoms with van der Waals surface area (Å²) in [6.07, 6.45) is 1.94. The molecule has 0 radical (unpaired) electrons. The number of hydrogen-bond donors (Lipinski definition) is 2. The minimum absolute atomic E-state index is 0.0258. The topological polar surface area (TPSA) is 130 Å². The predicted molar refractivity (Wildman–Crippen MR) is 141 cm³/mol. The maximum Gasteiger partial charge on any atom is 0.322 e. The van der Waals surface area contributed by atoms with E-state index >= 15 is 0 Å². The molecular formula is C26H28Cl2N4O4. The Bertz CT molecular complexity index is 1270. The molecule has 1 unspecified atom stereocenters. The number of ketones is 1. The van der Waals surface area contributed by atoms with E-state index in [1.54, 1.807) is 48.5 Å². The molecule has 36 heavy (non-hydrogen) atoms. The maximum atomic E-state index is 13.3. The summed E-state index contributed by atoms with van der Waals surface area (Å²) in [5, 5.41) is 5.60. The lowest BCUT2D eigenvalue weighted by Gasteiger charge is -2.17. The number of hydrogen-bond acceptors (Lipinski definition) is 7. The Labute approximate surface area is 219 Å². The molecule has 0 aliphatic rings. The monoisotopic (exact) mass is 530 g/mol. The fourth-order valence-corrected chi connectivity index (χ4v) is 3.97. The third-order valence-corrected chi connectivity index (χ3v) is 6.08. The molecule has 1 atom stereocenters. The van der Waals surface area contributed by atoms with Crippen molar-refractivity contribution in [2.24, 2.45) is 11.5 Å². The highest BCUT2D eigenvalue weighted by Crippen LogP contribution is 2.33. The van der Waals surface area contributed by atoms with E-state index in [-0.39, 0.29) is 18.7 Å². The first-order valence-corrected chi connectivity index (χ1v) is 12.3. The molecular weight excluding hydrogens is 503 g/mol. The van der Waals surface area contributed by atoms with Crippen molar-refractivity contribution in [1.29, 1.82) is 0 Å². The summed E-state index contributed by atoms with van der Waals surface area (Å²) in [4.78, 5) is 38.3. The van der Waals surface area contributed by atoms with Gasteiger partial charge in [-0.2, -0.15) is 5.10 Å². The van der Waals surface area contributed by atoms with Gasteiger partial charge in [0.05, 0.1) is 17.8 Å². The normalized spacial score (nSPS) is 11.8. The summed E-state index contributed by atoms with van der Waals surface area (Å²) in [5.41, 5.74) is 12.8. The highest BCUT2D eigenvalue weighted by atomic mass is 35.5. The van der Waals surface area contributed by atoms with Gasteiger partial charge in [0, 0.05) is 21.2 Å². The lowest BCUT2D eigenvalue weighted by Crippen LogP contribution is -2.35. The molecule has 3 rings (SSSR count). The van der Waals surface area contributed by atoms with Crippen molar-refractivity contribution in [2.75, 3.05) is 13.2 Å². The van der Waals surface area contributed by atoms with Crippen molar-refractivity contribution in [1.82, 2.24) is 9.78 Å². The van der Waals surface area contributed by atoms with Gasteiger partial charge in [0.15, 0.2) is 5.78 Å². The lowest BCUT2D eigenvalue weighted by molar-refractivity contribution is -0.145. The molecule has 0 fully saturated rings. The number of halogens is 2. The Kier molecular flexibility index (Phi) is 9.78. The highest BCUT2D eigenvalue weighted by Gasteiger charge is 2.23. The summed E-state index contributed by atoms with van der Waals surface area (Å²) in [7, 11) is 0. The molecule has 3 aromatic rings. The maximum absolute atomic E-state index is 13.3.